The van der Waals surface area contributed by atoms with Crippen LogP contribution in [0.4, 0.5) is 0 Å². The lowest BCUT2D eigenvalue weighted by Crippen LogP contribution is -2.12. The Labute approximate surface area is 108 Å². The van der Waals surface area contributed by atoms with Crippen molar-refractivity contribution in [2.45, 2.75) is 19.9 Å². The molecule has 2 heteroatoms. The number of rotatable bonds is 3. The van der Waals surface area contributed by atoms with E-state index in [4.69, 9.17) is 10.5 Å². The molecule has 0 saturated carbocycles. The van der Waals surface area contributed by atoms with E-state index in [2.05, 4.69) is 32.0 Å². The molecule has 0 amide bonds. The molecule has 2 N–H and O–H groups in total. The normalized spacial score (nSPS) is 12.2. The fourth-order valence-electron chi connectivity index (χ4n) is 2.22. The van der Waals surface area contributed by atoms with E-state index in [1.54, 1.807) is 7.11 Å². The summed E-state index contributed by atoms with van der Waals surface area (Å²) in [4.78, 5) is 0. The SMILES string of the molecule is COc1cccc(C(N)c2cc(C)cc(C)c2)c1. The third kappa shape index (κ3) is 2.71. The number of aryl methyl sites for hydroxylation is 2. The summed E-state index contributed by atoms with van der Waals surface area (Å²) in [5.74, 6) is 0.840. The minimum atomic E-state index is -0.112. The van der Waals surface area contributed by atoms with Gasteiger partial charge in [0.2, 0.25) is 0 Å². The van der Waals surface area contributed by atoms with Gasteiger partial charge in [0.1, 0.15) is 5.75 Å². The second kappa shape index (κ2) is 5.23. The standard InChI is InChI=1S/C16H19NO/c1-11-7-12(2)9-14(8-11)16(17)13-5-4-6-15(10-13)18-3/h4-10,16H,17H2,1-3H3. The Balaban J connectivity index is 2.37. The van der Waals surface area contributed by atoms with Crippen LogP contribution in [0, 0.1) is 13.8 Å². The molecule has 0 saturated heterocycles. The summed E-state index contributed by atoms with van der Waals surface area (Å²) in [5, 5.41) is 0. The fraction of sp³-hybridized carbons (Fsp3) is 0.250. The molecule has 0 spiro atoms. The molecule has 0 aliphatic heterocycles. The number of hydrogen-bond donors (Lipinski definition) is 1. The maximum Gasteiger partial charge on any atom is 0.119 e. The predicted molar refractivity (Wildman–Crippen MR) is 74.9 cm³/mol. The van der Waals surface area contributed by atoms with Crippen molar-refractivity contribution >= 4 is 0 Å². The highest BCUT2D eigenvalue weighted by Gasteiger charge is 2.10. The molecule has 0 bridgehead atoms. The molecule has 0 radical (unpaired) electrons. The first-order chi connectivity index (χ1) is 8.60. The van der Waals surface area contributed by atoms with Gasteiger partial charge >= 0.3 is 0 Å². The zero-order chi connectivity index (χ0) is 13.1. The molecule has 0 heterocycles. The van der Waals surface area contributed by atoms with Crippen LogP contribution < -0.4 is 10.5 Å². The Morgan fingerprint density at radius 3 is 2.22 bits per heavy atom. The molecule has 2 aromatic carbocycles. The van der Waals surface area contributed by atoms with Gasteiger partial charge in [0.25, 0.3) is 0 Å². The molecule has 2 rings (SSSR count). The smallest absolute Gasteiger partial charge is 0.119 e. The minimum absolute atomic E-state index is 0.112. The molecule has 0 aromatic heterocycles. The lowest BCUT2D eigenvalue weighted by Gasteiger charge is -2.15. The summed E-state index contributed by atoms with van der Waals surface area (Å²) < 4.78 is 5.23. The molecule has 0 aliphatic rings. The second-order valence-electron chi connectivity index (χ2n) is 4.68. The molecule has 18 heavy (non-hydrogen) atoms. The Morgan fingerprint density at radius 2 is 1.61 bits per heavy atom. The van der Waals surface area contributed by atoms with E-state index in [0.717, 1.165) is 16.9 Å². The van der Waals surface area contributed by atoms with Crippen LogP contribution in [-0.4, -0.2) is 7.11 Å². The van der Waals surface area contributed by atoms with Gasteiger partial charge in [-0.05, 0) is 37.1 Å². The minimum Gasteiger partial charge on any atom is -0.497 e. The van der Waals surface area contributed by atoms with Crippen molar-refractivity contribution in [3.05, 3.63) is 64.7 Å². The van der Waals surface area contributed by atoms with E-state index in [0.29, 0.717) is 0 Å². The highest BCUT2D eigenvalue weighted by Crippen LogP contribution is 2.24. The molecule has 2 aromatic rings. The van der Waals surface area contributed by atoms with E-state index >= 15 is 0 Å². The van der Waals surface area contributed by atoms with Crippen molar-refractivity contribution in [2.24, 2.45) is 5.73 Å². The van der Waals surface area contributed by atoms with Gasteiger partial charge in [-0.3, -0.25) is 0 Å². The third-order valence-electron chi connectivity index (χ3n) is 3.06. The van der Waals surface area contributed by atoms with Crippen LogP contribution in [0.15, 0.2) is 42.5 Å². The van der Waals surface area contributed by atoms with Gasteiger partial charge in [-0.2, -0.15) is 0 Å². The van der Waals surface area contributed by atoms with Crippen molar-refractivity contribution in [1.82, 2.24) is 0 Å². The molecular formula is C16H19NO. The van der Waals surface area contributed by atoms with Crippen molar-refractivity contribution in [3.8, 4) is 5.75 Å². The number of nitrogens with two attached hydrogens (primary N) is 1. The van der Waals surface area contributed by atoms with Crippen LogP contribution in [0.1, 0.15) is 28.3 Å². The van der Waals surface area contributed by atoms with Crippen LogP contribution in [0.25, 0.3) is 0 Å². The Hall–Kier alpha value is -1.80. The number of benzene rings is 2. The highest BCUT2D eigenvalue weighted by atomic mass is 16.5. The second-order valence-corrected chi connectivity index (χ2v) is 4.68. The average molecular weight is 241 g/mol. The summed E-state index contributed by atoms with van der Waals surface area (Å²) >= 11 is 0. The van der Waals surface area contributed by atoms with Crippen LogP contribution in [0.5, 0.6) is 5.75 Å². The van der Waals surface area contributed by atoms with Crippen LogP contribution in [0.2, 0.25) is 0 Å². The fourth-order valence-corrected chi connectivity index (χ4v) is 2.22. The van der Waals surface area contributed by atoms with E-state index in [1.165, 1.54) is 11.1 Å². The first-order valence-electron chi connectivity index (χ1n) is 6.08. The molecule has 1 atom stereocenters. The zero-order valence-corrected chi connectivity index (χ0v) is 11.1. The first-order valence-corrected chi connectivity index (χ1v) is 6.08. The van der Waals surface area contributed by atoms with Crippen molar-refractivity contribution < 1.29 is 4.74 Å². The predicted octanol–water partition coefficient (Wildman–Crippen LogP) is 3.36. The van der Waals surface area contributed by atoms with Gasteiger partial charge in [0.05, 0.1) is 13.2 Å². The lowest BCUT2D eigenvalue weighted by molar-refractivity contribution is 0.414. The lowest BCUT2D eigenvalue weighted by atomic mass is 9.96. The van der Waals surface area contributed by atoms with Gasteiger partial charge in [0, 0.05) is 0 Å². The first kappa shape index (κ1) is 12.7. The van der Waals surface area contributed by atoms with E-state index < -0.39 is 0 Å². The van der Waals surface area contributed by atoms with Crippen LogP contribution in [-0.2, 0) is 0 Å². The molecular weight excluding hydrogens is 222 g/mol. The van der Waals surface area contributed by atoms with E-state index in [9.17, 15) is 0 Å². The summed E-state index contributed by atoms with van der Waals surface area (Å²) in [7, 11) is 1.67. The Morgan fingerprint density at radius 1 is 0.944 bits per heavy atom. The van der Waals surface area contributed by atoms with Crippen LogP contribution in [0.3, 0.4) is 0 Å². The number of methoxy groups -OCH3 is 1. The Kier molecular flexibility index (Phi) is 3.68. The van der Waals surface area contributed by atoms with Gasteiger partial charge in [-0.1, -0.05) is 41.5 Å². The molecule has 2 nitrogen and oxygen atoms in total. The molecule has 94 valence electrons. The number of ether oxygens (including phenoxy) is 1. The summed E-state index contributed by atoms with van der Waals surface area (Å²) in [6, 6.07) is 14.2. The Bertz CT molecular complexity index is 528. The monoisotopic (exact) mass is 241 g/mol. The molecule has 1 unspecified atom stereocenters. The molecule has 0 fully saturated rings. The third-order valence-corrected chi connectivity index (χ3v) is 3.06. The topological polar surface area (TPSA) is 35.2 Å². The van der Waals surface area contributed by atoms with Gasteiger partial charge < -0.3 is 10.5 Å². The average Bonchev–Trinajstić information content (AvgIpc) is 2.37. The van der Waals surface area contributed by atoms with Crippen molar-refractivity contribution in [2.75, 3.05) is 7.11 Å². The van der Waals surface area contributed by atoms with Crippen molar-refractivity contribution in [1.29, 1.82) is 0 Å². The highest BCUT2D eigenvalue weighted by molar-refractivity contribution is 5.39. The van der Waals surface area contributed by atoms with Gasteiger partial charge in [0.15, 0.2) is 0 Å². The zero-order valence-electron chi connectivity index (χ0n) is 11.1. The largest absolute Gasteiger partial charge is 0.497 e. The van der Waals surface area contributed by atoms with Gasteiger partial charge in [-0.15, -0.1) is 0 Å². The molecule has 0 aliphatic carbocycles. The van der Waals surface area contributed by atoms with E-state index in [-0.39, 0.29) is 6.04 Å². The maximum atomic E-state index is 6.32. The summed E-state index contributed by atoms with van der Waals surface area (Å²) in [6.07, 6.45) is 0. The maximum absolute atomic E-state index is 6.32. The van der Waals surface area contributed by atoms with Crippen LogP contribution >= 0.6 is 0 Å². The summed E-state index contributed by atoms with van der Waals surface area (Å²) in [6.45, 7) is 4.18. The van der Waals surface area contributed by atoms with Gasteiger partial charge in [-0.25, -0.2) is 0 Å². The quantitative estimate of drug-likeness (QED) is 0.894. The van der Waals surface area contributed by atoms with E-state index in [1.807, 2.05) is 24.3 Å². The van der Waals surface area contributed by atoms with Crippen molar-refractivity contribution in [3.63, 3.8) is 0 Å². The number of hydrogen-bond acceptors (Lipinski definition) is 2. The summed E-state index contributed by atoms with van der Waals surface area (Å²) in [5.41, 5.74) is 11.0.